The number of hydrogen-bond donors (Lipinski definition) is 1. The number of hydrogen-bond acceptors (Lipinski definition) is 4. The molecule has 1 heterocycles. The van der Waals surface area contributed by atoms with Crippen LogP contribution in [-0.4, -0.2) is 20.5 Å². The maximum absolute atomic E-state index is 12.6. The molecule has 5 nitrogen and oxygen atoms in total. The van der Waals surface area contributed by atoms with Gasteiger partial charge in [-0.15, -0.1) is 0 Å². The fourth-order valence-corrected chi connectivity index (χ4v) is 1.65. The van der Waals surface area contributed by atoms with Gasteiger partial charge in [-0.05, 0) is 6.92 Å². The zero-order valence-corrected chi connectivity index (χ0v) is 9.38. The fourth-order valence-electron chi connectivity index (χ4n) is 1.15. The van der Waals surface area contributed by atoms with Crippen molar-refractivity contribution < 1.29 is 21.9 Å². The molecule has 90 valence electrons. The third-order valence-electron chi connectivity index (χ3n) is 1.96. The summed E-state index contributed by atoms with van der Waals surface area (Å²) in [6.07, 6.45) is -2.89. The average Bonchev–Trinajstić information content (AvgIpc) is 2.15. The van der Waals surface area contributed by atoms with Gasteiger partial charge in [-0.3, -0.25) is 0 Å². The highest BCUT2D eigenvalue weighted by Crippen LogP contribution is 2.29. The topological polar surface area (TPSA) is 82.3 Å². The Labute approximate surface area is 91.3 Å². The Hall–Kier alpha value is -1.28. The van der Waals surface area contributed by atoms with Crippen LogP contribution in [0, 0.1) is 6.92 Å². The van der Waals surface area contributed by atoms with Gasteiger partial charge in [0.2, 0.25) is 0 Å². The molecule has 0 unspecified atom stereocenters. The molecule has 0 aromatic carbocycles. The molecule has 0 spiro atoms. The van der Waals surface area contributed by atoms with Gasteiger partial charge >= 0.3 is 0 Å². The molecule has 1 aromatic rings. The first-order chi connectivity index (χ1) is 7.27. The van der Waals surface area contributed by atoms with Crippen molar-refractivity contribution in [2.75, 3.05) is 7.11 Å². The molecule has 0 saturated heterocycles. The Kier molecular flexibility index (Phi) is 3.44. The molecule has 1 rings (SSSR count). The third-order valence-corrected chi connectivity index (χ3v) is 2.75. The first kappa shape index (κ1) is 12.8. The average molecular weight is 252 g/mol. The first-order valence-corrected chi connectivity index (χ1v) is 5.68. The van der Waals surface area contributed by atoms with E-state index in [-0.39, 0.29) is 11.3 Å². The van der Waals surface area contributed by atoms with Gasteiger partial charge in [0.25, 0.3) is 16.4 Å². The van der Waals surface area contributed by atoms with Gasteiger partial charge in [-0.1, -0.05) is 0 Å². The molecule has 8 heteroatoms. The lowest BCUT2D eigenvalue weighted by molar-refractivity contribution is 0.144. The number of alkyl halides is 2. The summed E-state index contributed by atoms with van der Waals surface area (Å²) in [7, 11) is -2.89. The van der Waals surface area contributed by atoms with Crippen LogP contribution < -0.4 is 9.88 Å². The van der Waals surface area contributed by atoms with Crippen LogP contribution in [0.2, 0.25) is 0 Å². The van der Waals surface area contributed by atoms with Crippen molar-refractivity contribution in [3.05, 3.63) is 17.3 Å². The highest BCUT2D eigenvalue weighted by molar-refractivity contribution is 7.89. The van der Waals surface area contributed by atoms with Gasteiger partial charge in [0.15, 0.2) is 5.03 Å². The van der Waals surface area contributed by atoms with Crippen LogP contribution in [0.5, 0.6) is 5.75 Å². The largest absolute Gasteiger partial charge is 0.496 e. The first-order valence-electron chi connectivity index (χ1n) is 4.14. The summed E-state index contributed by atoms with van der Waals surface area (Å²) >= 11 is 0. The number of aromatic nitrogens is 1. The van der Waals surface area contributed by atoms with Gasteiger partial charge < -0.3 is 4.74 Å². The predicted molar refractivity (Wildman–Crippen MR) is 51.9 cm³/mol. The van der Waals surface area contributed by atoms with Crippen molar-refractivity contribution in [1.29, 1.82) is 0 Å². The van der Waals surface area contributed by atoms with Gasteiger partial charge in [-0.2, -0.15) is 0 Å². The number of nitrogens with zero attached hydrogens (tertiary/aromatic N) is 1. The summed E-state index contributed by atoms with van der Waals surface area (Å²) in [5.41, 5.74) is -0.562. The van der Waals surface area contributed by atoms with Crippen LogP contribution in [-0.2, 0) is 10.0 Å². The zero-order chi connectivity index (χ0) is 12.5. The van der Waals surface area contributed by atoms with Crippen LogP contribution in [0.3, 0.4) is 0 Å². The Balaban J connectivity index is 3.53. The molecule has 0 bridgehead atoms. The van der Waals surface area contributed by atoms with E-state index in [0.29, 0.717) is 0 Å². The number of nitrogens with two attached hydrogens (primary N) is 1. The van der Waals surface area contributed by atoms with E-state index in [1.165, 1.54) is 14.0 Å². The smallest absolute Gasteiger partial charge is 0.280 e. The molecule has 0 radical (unpaired) electrons. The number of primary sulfonamides is 1. The number of rotatable bonds is 3. The maximum Gasteiger partial charge on any atom is 0.280 e. The summed E-state index contributed by atoms with van der Waals surface area (Å²) in [4.78, 5) is 3.31. The van der Waals surface area contributed by atoms with E-state index in [1.807, 2.05) is 0 Å². The Morgan fingerprint density at radius 1 is 1.50 bits per heavy atom. The minimum absolute atomic E-state index is 0.00863. The van der Waals surface area contributed by atoms with E-state index >= 15 is 0 Å². The summed E-state index contributed by atoms with van der Waals surface area (Å²) < 4.78 is 51.9. The summed E-state index contributed by atoms with van der Waals surface area (Å²) in [6.45, 7) is 1.36. The lowest BCUT2D eigenvalue weighted by Gasteiger charge is -2.10. The summed E-state index contributed by atoms with van der Waals surface area (Å²) in [5.74, 6) is 0.00863. The molecule has 2 N–H and O–H groups in total. The van der Waals surface area contributed by atoms with Gasteiger partial charge in [0.05, 0.1) is 7.11 Å². The Morgan fingerprint density at radius 3 is 2.44 bits per heavy atom. The SMILES string of the molecule is COc1cc(S(N)(=O)=O)nc(C(F)F)c1C. The van der Waals surface area contributed by atoms with Crippen molar-refractivity contribution in [3.8, 4) is 5.75 Å². The van der Waals surface area contributed by atoms with E-state index < -0.39 is 27.2 Å². The molecule has 1 aromatic heterocycles. The number of ether oxygens (including phenoxy) is 1. The maximum atomic E-state index is 12.6. The van der Waals surface area contributed by atoms with Crippen molar-refractivity contribution in [3.63, 3.8) is 0 Å². The molecule has 0 aliphatic rings. The molecular weight excluding hydrogens is 242 g/mol. The van der Waals surface area contributed by atoms with Crippen LogP contribution in [0.15, 0.2) is 11.1 Å². The molecule has 0 aliphatic heterocycles. The van der Waals surface area contributed by atoms with Crippen molar-refractivity contribution in [2.24, 2.45) is 5.14 Å². The third kappa shape index (κ3) is 2.45. The monoisotopic (exact) mass is 252 g/mol. The van der Waals surface area contributed by atoms with Crippen LogP contribution in [0.1, 0.15) is 17.7 Å². The highest BCUT2D eigenvalue weighted by Gasteiger charge is 2.21. The minimum atomic E-state index is -4.13. The van der Waals surface area contributed by atoms with Crippen molar-refractivity contribution >= 4 is 10.0 Å². The van der Waals surface area contributed by atoms with E-state index in [9.17, 15) is 17.2 Å². The number of sulfonamides is 1. The minimum Gasteiger partial charge on any atom is -0.496 e. The Morgan fingerprint density at radius 2 is 2.06 bits per heavy atom. The van der Waals surface area contributed by atoms with Gasteiger partial charge in [0, 0.05) is 11.6 Å². The van der Waals surface area contributed by atoms with E-state index in [4.69, 9.17) is 9.88 Å². The molecule has 0 fully saturated rings. The van der Waals surface area contributed by atoms with E-state index in [1.54, 1.807) is 0 Å². The van der Waals surface area contributed by atoms with Crippen molar-refractivity contribution in [1.82, 2.24) is 4.98 Å². The lowest BCUT2D eigenvalue weighted by Crippen LogP contribution is -2.16. The van der Waals surface area contributed by atoms with E-state index in [2.05, 4.69) is 4.98 Å². The number of methoxy groups -OCH3 is 1. The normalized spacial score (nSPS) is 11.9. The molecule has 16 heavy (non-hydrogen) atoms. The second-order valence-electron chi connectivity index (χ2n) is 3.02. The van der Waals surface area contributed by atoms with Gasteiger partial charge in [-0.25, -0.2) is 27.3 Å². The highest BCUT2D eigenvalue weighted by atomic mass is 32.2. The molecule has 0 atom stereocenters. The molecule has 0 saturated carbocycles. The van der Waals surface area contributed by atoms with Crippen LogP contribution >= 0.6 is 0 Å². The zero-order valence-electron chi connectivity index (χ0n) is 8.57. The molecule has 0 amide bonds. The second kappa shape index (κ2) is 4.30. The summed E-state index contributed by atoms with van der Waals surface area (Å²) in [6, 6.07) is 1.01. The second-order valence-corrected chi connectivity index (χ2v) is 4.53. The fraction of sp³-hybridized carbons (Fsp3) is 0.375. The molecular formula is C8H10F2N2O3S. The summed E-state index contributed by atoms with van der Waals surface area (Å²) in [5, 5.41) is 4.17. The Bertz CT molecular complexity index is 502. The quantitative estimate of drug-likeness (QED) is 0.869. The number of pyridine rings is 1. The lowest BCUT2D eigenvalue weighted by atomic mass is 10.2. The van der Waals surface area contributed by atoms with E-state index in [0.717, 1.165) is 6.07 Å². The predicted octanol–water partition coefficient (Wildman–Crippen LogP) is 0.984. The standard InChI is InChI=1S/C8H10F2N2O3S/c1-4-5(15-2)3-6(16(11,13)14)12-7(4)8(9)10/h3,8H,1-2H3,(H2,11,13,14). The van der Waals surface area contributed by atoms with Gasteiger partial charge in [0.1, 0.15) is 11.4 Å². The molecule has 0 aliphatic carbocycles. The van der Waals surface area contributed by atoms with Crippen molar-refractivity contribution in [2.45, 2.75) is 18.4 Å². The van der Waals surface area contributed by atoms with Crippen LogP contribution in [0.25, 0.3) is 0 Å². The number of halogens is 2. The van der Waals surface area contributed by atoms with Crippen LogP contribution in [0.4, 0.5) is 8.78 Å².